The van der Waals surface area contributed by atoms with Crippen molar-refractivity contribution in [2.24, 2.45) is 11.8 Å². The fourth-order valence-corrected chi connectivity index (χ4v) is 4.80. The predicted molar refractivity (Wildman–Crippen MR) is 109 cm³/mol. The summed E-state index contributed by atoms with van der Waals surface area (Å²) in [6, 6.07) is 4.08. The van der Waals surface area contributed by atoms with Crippen LogP contribution in [0.1, 0.15) is 32.6 Å². The van der Waals surface area contributed by atoms with E-state index in [4.69, 9.17) is 0 Å². The Balaban J connectivity index is 2.13. The minimum atomic E-state index is -4.63. The van der Waals surface area contributed by atoms with Crippen LogP contribution in [0.3, 0.4) is 0 Å². The van der Waals surface area contributed by atoms with E-state index in [0.29, 0.717) is 11.6 Å². The number of anilines is 1. The molecule has 0 saturated heterocycles. The number of fused-ring (bicyclic) bond motifs is 1. The first-order valence-corrected chi connectivity index (χ1v) is 12.0. The van der Waals surface area contributed by atoms with E-state index >= 15 is 0 Å². The van der Waals surface area contributed by atoms with Crippen molar-refractivity contribution >= 4 is 36.7 Å². The van der Waals surface area contributed by atoms with E-state index in [0.717, 1.165) is 49.9 Å². The van der Waals surface area contributed by atoms with Crippen LogP contribution in [0, 0.1) is 11.8 Å². The van der Waals surface area contributed by atoms with Crippen LogP contribution in [0.5, 0.6) is 5.75 Å². The van der Waals surface area contributed by atoms with Gasteiger partial charge in [0, 0.05) is 17.1 Å². The van der Waals surface area contributed by atoms with Gasteiger partial charge in [0.2, 0.25) is 0 Å². The Kier molecular flexibility index (Phi) is 5.65. The van der Waals surface area contributed by atoms with Gasteiger partial charge in [-0.1, -0.05) is 26.3 Å². The maximum atomic E-state index is 11.7. The summed E-state index contributed by atoms with van der Waals surface area (Å²) < 4.78 is 65.0. The third-order valence-corrected chi connectivity index (χ3v) is 7.04. The predicted octanol–water partition coefficient (Wildman–Crippen LogP) is 3.79. The van der Waals surface area contributed by atoms with Crippen LogP contribution in [0.4, 0.5) is 5.69 Å². The molecule has 0 bridgehead atoms. The Hall–Kier alpha value is -2.14. The van der Waals surface area contributed by atoms with E-state index in [9.17, 15) is 31.0 Å². The third-order valence-electron chi connectivity index (χ3n) is 5.37. The van der Waals surface area contributed by atoms with Crippen LogP contribution in [0.15, 0.2) is 46.3 Å². The Morgan fingerprint density at radius 1 is 0.966 bits per heavy atom. The first kappa shape index (κ1) is 21.6. The number of hydrogen-bond acceptors (Lipinski definition) is 6. The third kappa shape index (κ3) is 4.72. The average molecular weight is 442 g/mol. The molecule has 1 fully saturated rings. The lowest BCUT2D eigenvalue weighted by atomic mass is 9.81. The number of hydrogen-bond donors (Lipinski definition) is 4. The molecule has 0 amide bonds. The minimum absolute atomic E-state index is 0.0142. The van der Waals surface area contributed by atoms with Crippen LogP contribution >= 0.6 is 0 Å². The van der Waals surface area contributed by atoms with Gasteiger partial charge in [0.25, 0.3) is 20.2 Å². The van der Waals surface area contributed by atoms with Gasteiger partial charge in [-0.3, -0.25) is 9.11 Å². The van der Waals surface area contributed by atoms with Gasteiger partial charge < -0.3 is 10.4 Å². The molecule has 2 aromatic rings. The van der Waals surface area contributed by atoms with Crippen molar-refractivity contribution in [3.63, 3.8) is 0 Å². The molecular formula is C19H23NO7S2. The molecule has 0 unspecified atom stereocenters. The molecule has 10 heteroatoms. The largest absolute Gasteiger partial charge is 0.507 e. The maximum Gasteiger partial charge on any atom is 0.294 e. The zero-order chi connectivity index (χ0) is 21.6. The lowest BCUT2D eigenvalue weighted by molar-refractivity contribution is 0.322. The molecule has 1 aliphatic carbocycles. The smallest absolute Gasteiger partial charge is 0.294 e. The van der Waals surface area contributed by atoms with E-state index in [1.807, 2.05) is 0 Å². The Morgan fingerprint density at radius 2 is 1.48 bits per heavy atom. The number of nitrogens with one attached hydrogen (secondary N) is 1. The van der Waals surface area contributed by atoms with Gasteiger partial charge in [0.1, 0.15) is 5.75 Å². The summed E-state index contributed by atoms with van der Waals surface area (Å²) in [6.07, 6.45) is 3.92. The fourth-order valence-electron chi connectivity index (χ4n) is 3.72. The summed E-state index contributed by atoms with van der Waals surface area (Å²) in [4.78, 5) is -1.08. The van der Waals surface area contributed by atoms with Crippen molar-refractivity contribution in [3.8, 4) is 5.75 Å². The van der Waals surface area contributed by atoms with Gasteiger partial charge in [0.05, 0.1) is 15.5 Å². The molecule has 3 rings (SSSR count). The Bertz CT molecular complexity index is 1170. The zero-order valence-electron chi connectivity index (χ0n) is 15.8. The molecule has 4 N–H and O–H groups in total. The topological polar surface area (TPSA) is 141 Å². The highest BCUT2D eigenvalue weighted by atomic mass is 32.2. The van der Waals surface area contributed by atoms with E-state index in [1.54, 1.807) is 0 Å². The Morgan fingerprint density at radius 3 is 2.00 bits per heavy atom. The molecule has 8 nitrogen and oxygen atoms in total. The molecule has 0 aliphatic heterocycles. The number of phenolic OH excluding ortho intramolecular Hbond substituents is 1. The number of allylic oxidation sites excluding steroid dienone is 1. The summed E-state index contributed by atoms with van der Waals surface area (Å²) in [5.74, 6) is 0.324. The monoisotopic (exact) mass is 441 g/mol. The normalized spacial score (nSPS) is 20.5. The second-order valence-electron chi connectivity index (χ2n) is 7.57. The quantitative estimate of drug-likeness (QED) is 0.514. The molecule has 2 aromatic carbocycles. The number of aromatic hydroxyl groups is 1. The van der Waals surface area contributed by atoms with E-state index in [-0.39, 0.29) is 22.4 Å². The summed E-state index contributed by atoms with van der Waals surface area (Å²) in [5.41, 5.74) is 0.807. The molecule has 0 atom stereocenters. The van der Waals surface area contributed by atoms with Crippen molar-refractivity contribution in [2.75, 3.05) is 5.32 Å². The maximum absolute atomic E-state index is 11.7. The second kappa shape index (κ2) is 7.60. The number of benzene rings is 2. The van der Waals surface area contributed by atoms with Gasteiger partial charge in [-0.2, -0.15) is 16.8 Å². The average Bonchev–Trinajstić information content (AvgIpc) is 2.60. The Labute approximate surface area is 169 Å². The molecule has 1 saturated carbocycles. The highest BCUT2D eigenvalue weighted by Gasteiger charge is 2.23. The molecule has 1 aliphatic rings. The van der Waals surface area contributed by atoms with Gasteiger partial charge in [0.15, 0.2) is 0 Å². The van der Waals surface area contributed by atoms with E-state index < -0.39 is 35.8 Å². The molecule has 158 valence electrons. The summed E-state index contributed by atoms with van der Waals surface area (Å²) in [6.45, 7) is 6.22. The molecule has 0 spiro atoms. The van der Waals surface area contributed by atoms with Crippen molar-refractivity contribution in [1.29, 1.82) is 0 Å². The first-order valence-electron chi connectivity index (χ1n) is 9.08. The van der Waals surface area contributed by atoms with Crippen molar-refractivity contribution in [2.45, 2.75) is 42.4 Å². The summed E-state index contributed by atoms with van der Waals surface area (Å²) in [7, 11) is -9.24. The fraction of sp³-hybridized carbons (Fsp3) is 0.368. The van der Waals surface area contributed by atoms with Crippen LogP contribution in [-0.4, -0.2) is 31.0 Å². The number of phenols is 1. The van der Waals surface area contributed by atoms with Crippen LogP contribution in [0.2, 0.25) is 0 Å². The second-order valence-corrected chi connectivity index (χ2v) is 10.4. The zero-order valence-corrected chi connectivity index (χ0v) is 17.4. The molecular weight excluding hydrogens is 418 g/mol. The van der Waals surface area contributed by atoms with Gasteiger partial charge in [-0.05, 0) is 48.3 Å². The van der Waals surface area contributed by atoms with Crippen molar-refractivity contribution in [1.82, 2.24) is 0 Å². The highest BCUT2D eigenvalue weighted by molar-refractivity contribution is 7.86. The molecule has 0 heterocycles. The minimum Gasteiger partial charge on any atom is -0.507 e. The van der Waals surface area contributed by atoms with E-state index in [1.165, 1.54) is 0 Å². The lowest BCUT2D eigenvalue weighted by Gasteiger charge is -2.28. The summed E-state index contributed by atoms with van der Waals surface area (Å²) >= 11 is 0. The lowest BCUT2D eigenvalue weighted by Crippen LogP contribution is -2.18. The van der Waals surface area contributed by atoms with Gasteiger partial charge in [-0.15, -0.1) is 0 Å². The van der Waals surface area contributed by atoms with Gasteiger partial charge in [-0.25, -0.2) is 0 Å². The SMILES string of the molecule is C=C(Nc1cc(S(=O)(=O)O)cc2cc(S(=O)(=O)O)cc(O)c12)C1CCC(C)CC1. The van der Waals surface area contributed by atoms with Crippen LogP contribution < -0.4 is 5.32 Å². The van der Waals surface area contributed by atoms with E-state index in [2.05, 4.69) is 18.8 Å². The number of rotatable bonds is 5. The highest BCUT2D eigenvalue weighted by Crippen LogP contribution is 2.39. The molecule has 0 aromatic heterocycles. The standard InChI is InChI=1S/C19H23NO7S2/c1-11-3-5-13(6-4-11)12(2)20-17-9-15(28(22,23)24)7-14-8-16(29(25,26)27)10-18(21)19(14)17/h7-11,13,20-21H,2-6H2,1H3,(H,22,23,24)(H,25,26,27). The van der Waals surface area contributed by atoms with Crippen LogP contribution in [0.25, 0.3) is 10.8 Å². The van der Waals surface area contributed by atoms with Crippen LogP contribution in [-0.2, 0) is 20.2 Å². The van der Waals surface area contributed by atoms with Crippen molar-refractivity contribution in [3.05, 3.63) is 36.5 Å². The molecule has 29 heavy (non-hydrogen) atoms. The van der Waals surface area contributed by atoms with Gasteiger partial charge >= 0.3 is 0 Å². The molecule has 0 radical (unpaired) electrons. The first-order chi connectivity index (χ1) is 13.4. The van der Waals surface area contributed by atoms with Crippen molar-refractivity contribution < 1.29 is 31.0 Å². The summed E-state index contributed by atoms with van der Waals surface area (Å²) in [5, 5.41) is 13.6.